The number of benzene rings is 2. The topological polar surface area (TPSA) is 52.7 Å². The molecule has 27 heavy (non-hydrogen) atoms. The van der Waals surface area contributed by atoms with Crippen LogP contribution in [0, 0.1) is 0 Å². The van der Waals surface area contributed by atoms with Gasteiger partial charge in [-0.3, -0.25) is 14.5 Å². The molecular weight excluding hydrogens is 362 g/mol. The summed E-state index contributed by atoms with van der Waals surface area (Å²) in [7, 11) is 0. The summed E-state index contributed by atoms with van der Waals surface area (Å²) in [6.07, 6.45) is 0. The van der Waals surface area contributed by atoms with Crippen LogP contribution in [-0.4, -0.2) is 53.8 Å². The van der Waals surface area contributed by atoms with E-state index in [0.717, 1.165) is 5.56 Å². The molecule has 142 valence electrons. The van der Waals surface area contributed by atoms with Crippen molar-refractivity contribution in [2.75, 3.05) is 26.2 Å². The molecule has 1 unspecified atom stereocenters. The summed E-state index contributed by atoms with van der Waals surface area (Å²) in [5.41, 5.74) is 1.68. The second-order valence-corrected chi connectivity index (χ2v) is 7.15. The lowest BCUT2D eigenvalue weighted by atomic mass is 10.1. The molecule has 0 radical (unpaired) electrons. The fourth-order valence-corrected chi connectivity index (χ4v) is 3.41. The quantitative estimate of drug-likeness (QED) is 0.861. The highest BCUT2D eigenvalue weighted by Crippen LogP contribution is 2.15. The minimum Gasteiger partial charge on any atom is -0.351 e. The Morgan fingerprint density at radius 1 is 1.04 bits per heavy atom. The van der Waals surface area contributed by atoms with Crippen molar-refractivity contribution in [3.8, 4) is 0 Å². The summed E-state index contributed by atoms with van der Waals surface area (Å²) in [6.45, 7) is 4.98. The molecule has 2 aromatic carbocycles. The summed E-state index contributed by atoms with van der Waals surface area (Å²) < 4.78 is 0. The van der Waals surface area contributed by atoms with Gasteiger partial charge in [0.2, 0.25) is 5.91 Å². The minimum absolute atomic E-state index is 0.00784. The van der Waals surface area contributed by atoms with Gasteiger partial charge in [0.1, 0.15) is 0 Å². The maximum Gasteiger partial charge on any atom is 0.253 e. The normalized spacial score (nSPS) is 16.0. The molecule has 1 fully saturated rings. The second kappa shape index (κ2) is 9.02. The van der Waals surface area contributed by atoms with E-state index >= 15 is 0 Å². The number of nitrogens with one attached hydrogen (secondary N) is 1. The van der Waals surface area contributed by atoms with Gasteiger partial charge in [-0.2, -0.15) is 0 Å². The van der Waals surface area contributed by atoms with Crippen molar-refractivity contribution in [2.24, 2.45) is 0 Å². The first-order valence-corrected chi connectivity index (χ1v) is 9.53. The van der Waals surface area contributed by atoms with Crippen molar-refractivity contribution in [2.45, 2.75) is 19.5 Å². The van der Waals surface area contributed by atoms with Crippen LogP contribution in [0.3, 0.4) is 0 Å². The highest BCUT2D eigenvalue weighted by Gasteiger charge is 2.27. The van der Waals surface area contributed by atoms with Gasteiger partial charge in [-0.1, -0.05) is 48.0 Å². The van der Waals surface area contributed by atoms with Crippen LogP contribution < -0.4 is 5.32 Å². The third-order valence-corrected chi connectivity index (χ3v) is 5.14. The largest absolute Gasteiger partial charge is 0.351 e. The summed E-state index contributed by atoms with van der Waals surface area (Å²) in [6, 6.07) is 16.6. The number of rotatable bonds is 5. The lowest BCUT2D eigenvalue weighted by molar-refractivity contribution is -0.126. The van der Waals surface area contributed by atoms with Gasteiger partial charge >= 0.3 is 0 Å². The number of carbonyl (C=O) groups excluding carboxylic acids is 2. The van der Waals surface area contributed by atoms with Crippen molar-refractivity contribution in [1.29, 1.82) is 0 Å². The summed E-state index contributed by atoms with van der Waals surface area (Å²) in [4.78, 5) is 29.0. The Hall–Kier alpha value is -2.37. The van der Waals surface area contributed by atoms with E-state index in [9.17, 15) is 9.59 Å². The Bertz CT molecular complexity index is 789. The smallest absolute Gasteiger partial charge is 0.253 e. The summed E-state index contributed by atoms with van der Waals surface area (Å²) >= 11 is 5.98. The molecule has 1 aliphatic heterocycles. The van der Waals surface area contributed by atoms with Gasteiger partial charge in [0.05, 0.1) is 6.04 Å². The maximum absolute atomic E-state index is 12.6. The SMILES string of the molecule is CC(C(=O)NCc1ccccc1)N1CCN(C(=O)c2cccc(Cl)c2)CC1. The lowest BCUT2D eigenvalue weighted by Crippen LogP contribution is -2.54. The molecule has 5 nitrogen and oxygen atoms in total. The molecule has 0 aromatic heterocycles. The number of nitrogens with zero attached hydrogens (tertiary/aromatic N) is 2. The molecule has 1 atom stereocenters. The average Bonchev–Trinajstić information content (AvgIpc) is 2.72. The molecule has 1 saturated heterocycles. The Labute approximate surface area is 164 Å². The fraction of sp³-hybridized carbons (Fsp3) is 0.333. The monoisotopic (exact) mass is 385 g/mol. The van der Waals surface area contributed by atoms with Crippen LogP contribution in [0.25, 0.3) is 0 Å². The fourth-order valence-electron chi connectivity index (χ4n) is 3.21. The van der Waals surface area contributed by atoms with E-state index in [-0.39, 0.29) is 17.9 Å². The second-order valence-electron chi connectivity index (χ2n) is 6.72. The van der Waals surface area contributed by atoms with Crippen molar-refractivity contribution in [3.05, 3.63) is 70.7 Å². The number of carbonyl (C=O) groups is 2. The molecule has 0 aliphatic carbocycles. The first-order valence-electron chi connectivity index (χ1n) is 9.15. The van der Waals surface area contributed by atoms with Gasteiger partial charge in [0.25, 0.3) is 5.91 Å². The van der Waals surface area contributed by atoms with E-state index in [1.807, 2.05) is 42.2 Å². The molecule has 2 aromatic rings. The van der Waals surface area contributed by atoms with Crippen molar-refractivity contribution >= 4 is 23.4 Å². The third kappa shape index (κ3) is 5.08. The highest BCUT2D eigenvalue weighted by molar-refractivity contribution is 6.30. The lowest BCUT2D eigenvalue weighted by Gasteiger charge is -2.37. The van der Waals surface area contributed by atoms with Gasteiger partial charge < -0.3 is 10.2 Å². The molecule has 0 bridgehead atoms. The summed E-state index contributed by atoms with van der Waals surface area (Å²) in [5.74, 6) is -0.00759. The molecule has 0 saturated carbocycles. The van der Waals surface area contributed by atoms with E-state index in [1.165, 1.54) is 0 Å². The van der Waals surface area contributed by atoms with Crippen molar-refractivity contribution < 1.29 is 9.59 Å². The zero-order chi connectivity index (χ0) is 19.2. The predicted octanol–water partition coefficient (Wildman–Crippen LogP) is 2.80. The number of halogens is 1. The number of hydrogen-bond donors (Lipinski definition) is 1. The molecule has 6 heteroatoms. The third-order valence-electron chi connectivity index (χ3n) is 4.91. The molecule has 3 rings (SSSR count). The molecule has 1 N–H and O–H groups in total. The Balaban J connectivity index is 1.49. The maximum atomic E-state index is 12.6. The zero-order valence-electron chi connectivity index (χ0n) is 15.4. The van der Waals surface area contributed by atoms with Gasteiger partial charge in [0, 0.05) is 43.3 Å². The van der Waals surface area contributed by atoms with Crippen LogP contribution in [-0.2, 0) is 11.3 Å². The number of amides is 2. The van der Waals surface area contributed by atoms with Crippen LogP contribution in [0.1, 0.15) is 22.8 Å². The Morgan fingerprint density at radius 2 is 1.74 bits per heavy atom. The Kier molecular flexibility index (Phi) is 6.48. The van der Waals surface area contributed by atoms with E-state index < -0.39 is 0 Å². The van der Waals surface area contributed by atoms with Gasteiger partial charge in [-0.25, -0.2) is 0 Å². The van der Waals surface area contributed by atoms with E-state index in [2.05, 4.69) is 10.2 Å². The zero-order valence-corrected chi connectivity index (χ0v) is 16.2. The minimum atomic E-state index is -0.225. The predicted molar refractivity (Wildman–Crippen MR) is 107 cm³/mol. The van der Waals surface area contributed by atoms with E-state index in [1.54, 1.807) is 24.3 Å². The van der Waals surface area contributed by atoms with Crippen molar-refractivity contribution in [1.82, 2.24) is 15.1 Å². The Morgan fingerprint density at radius 3 is 2.41 bits per heavy atom. The van der Waals surface area contributed by atoms with Gasteiger partial charge in [-0.15, -0.1) is 0 Å². The van der Waals surface area contributed by atoms with Crippen LogP contribution in [0.2, 0.25) is 5.02 Å². The van der Waals surface area contributed by atoms with Crippen LogP contribution in [0.15, 0.2) is 54.6 Å². The standard InChI is InChI=1S/C21H24ClN3O2/c1-16(20(26)23-15-17-6-3-2-4-7-17)24-10-12-25(13-11-24)21(27)18-8-5-9-19(22)14-18/h2-9,14,16H,10-13,15H2,1H3,(H,23,26). The molecule has 2 amide bonds. The van der Waals surface area contributed by atoms with E-state index in [0.29, 0.717) is 43.3 Å². The van der Waals surface area contributed by atoms with Crippen LogP contribution in [0.5, 0.6) is 0 Å². The first kappa shape index (κ1) is 19.4. The van der Waals surface area contributed by atoms with Crippen molar-refractivity contribution in [3.63, 3.8) is 0 Å². The first-order chi connectivity index (χ1) is 13.0. The van der Waals surface area contributed by atoms with Crippen LogP contribution in [0.4, 0.5) is 0 Å². The van der Waals surface area contributed by atoms with Gasteiger partial charge in [0.15, 0.2) is 0 Å². The van der Waals surface area contributed by atoms with Gasteiger partial charge in [-0.05, 0) is 30.7 Å². The average molecular weight is 386 g/mol. The summed E-state index contributed by atoms with van der Waals surface area (Å²) in [5, 5.41) is 3.54. The van der Waals surface area contributed by atoms with E-state index in [4.69, 9.17) is 11.6 Å². The molecule has 1 heterocycles. The molecular formula is C21H24ClN3O2. The molecule has 0 spiro atoms. The number of hydrogen-bond acceptors (Lipinski definition) is 3. The molecule has 1 aliphatic rings. The highest BCUT2D eigenvalue weighted by atomic mass is 35.5. The van der Waals surface area contributed by atoms with Crippen LogP contribution >= 0.6 is 11.6 Å². The number of piperazine rings is 1.